The quantitative estimate of drug-likeness (QED) is 0.650. The molecule has 0 bridgehead atoms. The lowest BCUT2D eigenvalue weighted by atomic mass is 10.0. The van der Waals surface area contributed by atoms with Crippen molar-refractivity contribution in [3.05, 3.63) is 59.9 Å². The molecule has 0 fully saturated rings. The number of rotatable bonds is 6. The number of carbonyl (C=O) groups is 1. The van der Waals surface area contributed by atoms with Gasteiger partial charge in [0.25, 0.3) is 0 Å². The van der Waals surface area contributed by atoms with Crippen LogP contribution in [0.15, 0.2) is 48.8 Å². The van der Waals surface area contributed by atoms with Crippen molar-refractivity contribution in [2.75, 3.05) is 13.2 Å². The Bertz CT molecular complexity index is 770. The van der Waals surface area contributed by atoms with E-state index in [1.807, 2.05) is 24.3 Å². The van der Waals surface area contributed by atoms with Crippen LogP contribution in [-0.2, 0) is 11.2 Å². The number of fused-ring (bicyclic) bond motifs is 1. The van der Waals surface area contributed by atoms with Gasteiger partial charge in [0.1, 0.15) is 12.2 Å². The monoisotopic (exact) mass is 338 g/mol. The van der Waals surface area contributed by atoms with Crippen molar-refractivity contribution < 1.29 is 14.3 Å². The highest BCUT2D eigenvalue weighted by Gasteiger charge is 2.32. The molecule has 1 amide bonds. The van der Waals surface area contributed by atoms with E-state index in [1.165, 1.54) is 6.08 Å². The predicted octanol–water partition coefficient (Wildman–Crippen LogP) is 3.00. The fourth-order valence-electron chi connectivity index (χ4n) is 2.74. The molecule has 0 unspecified atom stereocenters. The summed E-state index contributed by atoms with van der Waals surface area (Å²) >= 11 is 0. The predicted molar refractivity (Wildman–Crippen MR) is 96.6 cm³/mol. The van der Waals surface area contributed by atoms with Gasteiger partial charge in [0.2, 0.25) is 5.91 Å². The molecule has 0 atom stereocenters. The largest absolute Gasteiger partial charge is 0.488 e. The van der Waals surface area contributed by atoms with Gasteiger partial charge in [-0.3, -0.25) is 9.78 Å². The maximum atomic E-state index is 11.8. The highest BCUT2D eigenvalue weighted by atomic mass is 16.5. The van der Waals surface area contributed by atoms with E-state index in [-0.39, 0.29) is 11.5 Å². The molecule has 25 heavy (non-hydrogen) atoms. The third kappa shape index (κ3) is 4.59. The van der Waals surface area contributed by atoms with Gasteiger partial charge in [0.05, 0.1) is 6.54 Å². The molecule has 5 heteroatoms. The lowest BCUT2D eigenvalue weighted by Crippen LogP contribution is -2.26. The molecular formula is C20H22N2O3. The van der Waals surface area contributed by atoms with Crippen molar-refractivity contribution in [1.82, 2.24) is 10.3 Å². The number of benzene rings is 1. The zero-order valence-electron chi connectivity index (χ0n) is 14.5. The molecule has 2 heterocycles. The molecule has 0 radical (unpaired) electrons. The number of para-hydroxylation sites is 1. The summed E-state index contributed by atoms with van der Waals surface area (Å²) in [5.41, 5.74) is 1.84. The van der Waals surface area contributed by atoms with Crippen LogP contribution in [0.3, 0.4) is 0 Å². The van der Waals surface area contributed by atoms with Crippen molar-refractivity contribution in [3.63, 3.8) is 0 Å². The van der Waals surface area contributed by atoms with Gasteiger partial charge in [-0.05, 0) is 37.6 Å². The van der Waals surface area contributed by atoms with Crippen LogP contribution < -0.4 is 14.8 Å². The van der Waals surface area contributed by atoms with E-state index in [9.17, 15) is 4.79 Å². The third-order valence-electron chi connectivity index (χ3n) is 3.83. The molecule has 130 valence electrons. The molecule has 3 rings (SSSR count). The number of amides is 1. The minimum Gasteiger partial charge on any atom is -0.488 e. The van der Waals surface area contributed by atoms with Crippen molar-refractivity contribution in [1.29, 1.82) is 0 Å². The van der Waals surface area contributed by atoms with Gasteiger partial charge in [-0.25, -0.2) is 0 Å². The van der Waals surface area contributed by atoms with Crippen LogP contribution in [0.4, 0.5) is 0 Å². The second kappa shape index (κ2) is 7.38. The van der Waals surface area contributed by atoms with Crippen LogP contribution in [0.1, 0.15) is 25.0 Å². The number of ether oxygens (including phenoxy) is 2. The topological polar surface area (TPSA) is 60.5 Å². The van der Waals surface area contributed by atoms with Crippen molar-refractivity contribution in [2.45, 2.75) is 25.9 Å². The SMILES string of the molecule is CC1(C)Cc2cccc(OCCNC(=O)C=Cc3cccnc3)c2O1. The third-order valence-corrected chi connectivity index (χ3v) is 3.83. The van der Waals surface area contributed by atoms with Crippen LogP contribution >= 0.6 is 0 Å². The van der Waals surface area contributed by atoms with Crippen molar-refractivity contribution >= 4 is 12.0 Å². The van der Waals surface area contributed by atoms with Crippen molar-refractivity contribution in [2.24, 2.45) is 0 Å². The molecule has 1 aromatic heterocycles. The van der Waals surface area contributed by atoms with E-state index < -0.39 is 0 Å². The number of nitrogens with zero attached hydrogens (tertiary/aromatic N) is 1. The Labute approximate surface area is 147 Å². The van der Waals surface area contributed by atoms with Gasteiger partial charge in [0, 0.05) is 30.5 Å². The molecule has 1 aliphatic rings. The Morgan fingerprint density at radius 2 is 2.24 bits per heavy atom. The highest BCUT2D eigenvalue weighted by Crippen LogP contribution is 2.41. The first-order valence-electron chi connectivity index (χ1n) is 8.33. The second-order valence-corrected chi connectivity index (χ2v) is 6.54. The maximum absolute atomic E-state index is 11.8. The Morgan fingerprint density at radius 3 is 3.04 bits per heavy atom. The summed E-state index contributed by atoms with van der Waals surface area (Å²) in [4.78, 5) is 15.8. The second-order valence-electron chi connectivity index (χ2n) is 6.54. The first-order valence-corrected chi connectivity index (χ1v) is 8.33. The molecule has 0 saturated heterocycles. The number of aromatic nitrogens is 1. The molecule has 0 spiro atoms. The zero-order valence-corrected chi connectivity index (χ0v) is 14.5. The van der Waals surface area contributed by atoms with Crippen molar-refractivity contribution in [3.8, 4) is 11.5 Å². The molecule has 2 aromatic rings. The molecule has 5 nitrogen and oxygen atoms in total. The minimum absolute atomic E-state index is 0.164. The summed E-state index contributed by atoms with van der Waals surface area (Å²) in [6.45, 7) is 4.92. The Hall–Kier alpha value is -2.82. The van der Waals surface area contributed by atoms with Crippen LogP contribution in [0, 0.1) is 0 Å². The number of nitrogens with one attached hydrogen (secondary N) is 1. The van der Waals surface area contributed by atoms with Gasteiger partial charge < -0.3 is 14.8 Å². The summed E-state index contributed by atoms with van der Waals surface area (Å²) in [7, 11) is 0. The lowest BCUT2D eigenvalue weighted by Gasteiger charge is -2.18. The van der Waals surface area contributed by atoms with Crippen LogP contribution in [-0.4, -0.2) is 29.6 Å². The fraction of sp³-hybridized carbons (Fsp3) is 0.300. The highest BCUT2D eigenvalue weighted by molar-refractivity contribution is 5.91. The zero-order chi connectivity index (χ0) is 17.7. The number of hydrogen-bond acceptors (Lipinski definition) is 4. The summed E-state index contributed by atoms with van der Waals surface area (Å²) in [6.07, 6.45) is 7.48. The van der Waals surface area contributed by atoms with E-state index in [0.717, 1.165) is 29.0 Å². The standard InChI is InChI=1S/C20H22N2O3/c1-20(2)13-16-6-3-7-17(19(16)25-20)24-12-11-22-18(23)9-8-15-5-4-10-21-14-15/h3-10,14H,11-13H2,1-2H3,(H,22,23). The Balaban J connectivity index is 1.46. The first kappa shape index (κ1) is 17.0. The average Bonchev–Trinajstić information content (AvgIpc) is 2.92. The number of carbonyl (C=O) groups excluding carboxylic acids is 1. The van der Waals surface area contributed by atoms with E-state index in [4.69, 9.17) is 9.47 Å². The van der Waals surface area contributed by atoms with Crippen LogP contribution in [0.25, 0.3) is 6.08 Å². The van der Waals surface area contributed by atoms with Gasteiger partial charge in [-0.2, -0.15) is 0 Å². The van der Waals surface area contributed by atoms with E-state index in [1.54, 1.807) is 18.5 Å². The molecular weight excluding hydrogens is 316 g/mol. The molecule has 1 N–H and O–H groups in total. The first-order chi connectivity index (χ1) is 12.0. The van der Waals surface area contributed by atoms with Gasteiger partial charge >= 0.3 is 0 Å². The van der Waals surface area contributed by atoms with Gasteiger partial charge in [0.15, 0.2) is 11.5 Å². The Kier molecular flexibility index (Phi) is 5.03. The van der Waals surface area contributed by atoms with Crippen LogP contribution in [0.2, 0.25) is 0 Å². The molecule has 1 aromatic carbocycles. The summed E-state index contributed by atoms with van der Waals surface area (Å²) in [5, 5.41) is 2.80. The van der Waals surface area contributed by atoms with E-state index in [2.05, 4.69) is 30.2 Å². The Morgan fingerprint density at radius 1 is 1.36 bits per heavy atom. The normalized spacial score (nSPS) is 14.8. The summed E-state index contributed by atoms with van der Waals surface area (Å²) < 4.78 is 11.7. The summed E-state index contributed by atoms with van der Waals surface area (Å²) in [6, 6.07) is 9.63. The van der Waals surface area contributed by atoms with Gasteiger partial charge in [-0.1, -0.05) is 18.2 Å². The lowest BCUT2D eigenvalue weighted by molar-refractivity contribution is -0.116. The molecule has 0 aliphatic carbocycles. The fourth-order valence-corrected chi connectivity index (χ4v) is 2.74. The van der Waals surface area contributed by atoms with E-state index >= 15 is 0 Å². The smallest absolute Gasteiger partial charge is 0.244 e. The van der Waals surface area contributed by atoms with Crippen LogP contribution in [0.5, 0.6) is 11.5 Å². The van der Waals surface area contributed by atoms with E-state index in [0.29, 0.717) is 13.2 Å². The van der Waals surface area contributed by atoms with Gasteiger partial charge in [-0.15, -0.1) is 0 Å². The molecule has 0 saturated carbocycles. The number of hydrogen-bond donors (Lipinski definition) is 1. The molecule has 1 aliphatic heterocycles. The summed E-state index contributed by atoms with van der Waals surface area (Å²) in [5.74, 6) is 1.38. The average molecular weight is 338 g/mol. The number of pyridine rings is 1. The maximum Gasteiger partial charge on any atom is 0.244 e. The minimum atomic E-state index is -0.201.